The molecule has 92 valence electrons. The van der Waals surface area contributed by atoms with E-state index in [1.54, 1.807) is 11.3 Å². The first-order valence-electron chi connectivity index (χ1n) is 5.71. The minimum absolute atomic E-state index is 0.299. The zero-order chi connectivity index (χ0) is 12.6. The highest BCUT2D eigenvalue weighted by molar-refractivity contribution is 7.18. The van der Waals surface area contributed by atoms with E-state index in [1.165, 1.54) is 4.88 Å². The van der Waals surface area contributed by atoms with Gasteiger partial charge in [-0.3, -0.25) is 0 Å². The van der Waals surface area contributed by atoms with Gasteiger partial charge in [0.15, 0.2) is 0 Å². The molecule has 2 aromatic rings. The maximum absolute atomic E-state index is 6.18. The molecule has 1 N–H and O–H groups in total. The monoisotopic (exact) mass is 269 g/mol. The van der Waals surface area contributed by atoms with Gasteiger partial charge in [0, 0.05) is 16.3 Å². The Bertz CT molecular complexity index is 534. The highest BCUT2D eigenvalue weighted by Crippen LogP contribution is 2.33. The molecule has 3 nitrogen and oxygen atoms in total. The Labute approximate surface area is 110 Å². The van der Waals surface area contributed by atoms with Crippen LogP contribution in [0.2, 0.25) is 5.15 Å². The molecule has 17 heavy (non-hydrogen) atoms. The molecule has 0 atom stereocenters. The molecule has 2 aromatic heterocycles. The van der Waals surface area contributed by atoms with E-state index in [0.717, 1.165) is 10.2 Å². The lowest BCUT2D eigenvalue weighted by Crippen LogP contribution is -2.12. The number of thiophene rings is 1. The average molecular weight is 270 g/mol. The summed E-state index contributed by atoms with van der Waals surface area (Å²) in [6, 6.07) is 2.39. The third kappa shape index (κ3) is 2.69. The van der Waals surface area contributed by atoms with Crippen molar-refractivity contribution in [2.75, 3.05) is 5.32 Å². The number of rotatable bonds is 3. The van der Waals surface area contributed by atoms with Crippen LogP contribution in [0.1, 0.15) is 38.5 Å². The Morgan fingerprint density at radius 3 is 2.53 bits per heavy atom. The Kier molecular flexibility index (Phi) is 3.54. The molecular weight excluding hydrogens is 254 g/mol. The minimum atomic E-state index is 0.299. The van der Waals surface area contributed by atoms with E-state index in [2.05, 4.69) is 49.0 Å². The number of nitrogens with one attached hydrogen (secondary N) is 1. The predicted molar refractivity (Wildman–Crippen MR) is 75.3 cm³/mol. The average Bonchev–Trinajstić information content (AvgIpc) is 2.60. The molecule has 0 saturated heterocycles. The lowest BCUT2D eigenvalue weighted by atomic mass is 10.2. The van der Waals surface area contributed by atoms with Crippen molar-refractivity contribution in [2.24, 2.45) is 0 Å². The molecule has 0 radical (unpaired) electrons. The molecule has 0 spiro atoms. The van der Waals surface area contributed by atoms with Gasteiger partial charge in [-0.2, -0.15) is 0 Å². The maximum atomic E-state index is 6.18. The van der Waals surface area contributed by atoms with Gasteiger partial charge in [-0.25, -0.2) is 9.97 Å². The van der Waals surface area contributed by atoms with Gasteiger partial charge in [-0.05, 0) is 25.8 Å². The molecule has 0 aromatic carbocycles. The highest BCUT2D eigenvalue weighted by Gasteiger charge is 2.12. The number of hydrogen-bond acceptors (Lipinski definition) is 4. The zero-order valence-electron chi connectivity index (χ0n) is 10.4. The van der Waals surface area contributed by atoms with Crippen LogP contribution < -0.4 is 5.32 Å². The van der Waals surface area contributed by atoms with Crippen LogP contribution in [0.3, 0.4) is 0 Å². The Hall–Kier alpha value is -0.870. The molecule has 5 heteroatoms. The first kappa shape index (κ1) is 12.6. The molecule has 0 saturated carbocycles. The fourth-order valence-corrected chi connectivity index (χ4v) is 2.83. The molecule has 0 amide bonds. The number of fused-ring (bicyclic) bond motifs is 1. The molecule has 0 unspecified atom stereocenters. The van der Waals surface area contributed by atoms with Gasteiger partial charge in [0.05, 0.1) is 0 Å². The second-order valence-corrected chi connectivity index (χ2v) is 6.08. The van der Waals surface area contributed by atoms with Crippen LogP contribution in [-0.2, 0) is 0 Å². The van der Waals surface area contributed by atoms with E-state index in [9.17, 15) is 0 Å². The lowest BCUT2D eigenvalue weighted by molar-refractivity contribution is 0.878. The van der Waals surface area contributed by atoms with Crippen molar-refractivity contribution < 1.29 is 0 Å². The van der Waals surface area contributed by atoms with E-state index in [4.69, 9.17) is 11.6 Å². The van der Waals surface area contributed by atoms with Crippen LogP contribution in [0, 0.1) is 0 Å². The standard InChI is InChI=1S/C12H16ClN3S/c1-6(2)9-5-8-10(13)15-12(14-7(3)4)16-11(8)17-9/h5-7H,1-4H3,(H,14,15,16). The summed E-state index contributed by atoms with van der Waals surface area (Å²) in [6.45, 7) is 8.43. The SMILES string of the molecule is CC(C)Nc1nc(Cl)c2cc(C(C)C)sc2n1. The molecule has 0 fully saturated rings. The van der Waals surface area contributed by atoms with Crippen molar-refractivity contribution in [3.63, 3.8) is 0 Å². The summed E-state index contributed by atoms with van der Waals surface area (Å²) in [4.78, 5) is 11.0. The molecule has 0 bridgehead atoms. The van der Waals surface area contributed by atoms with Gasteiger partial charge < -0.3 is 5.32 Å². The molecule has 2 rings (SSSR count). The van der Waals surface area contributed by atoms with Crippen molar-refractivity contribution in [1.29, 1.82) is 0 Å². The van der Waals surface area contributed by atoms with Crippen molar-refractivity contribution >= 4 is 39.1 Å². The minimum Gasteiger partial charge on any atom is -0.352 e. The number of hydrogen-bond donors (Lipinski definition) is 1. The predicted octanol–water partition coefficient (Wildman–Crippen LogP) is 4.29. The van der Waals surface area contributed by atoms with Crippen LogP contribution in [0.4, 0.5) is 5.95 Å². The van der Waals surface area contributed by atoms with Crippen LogP contribution in [0.25, 0.3) is 10.2 Å². The summed E-state index contributed by atoms with van der Waals surface area (Å²) in [7, 11) is 0. The summed E-state index contributed by atoms with van der Waals surface area (Å²) < 4.78 is 0. The van der Waals surface area contributed by atoms with Gasteiger partial charge >= 0.3 is 0 Å². The number of halogens is 1. The van der Waals surface area contributed by atoms with Gasteiger partial charge in [0.25, 0.3) is 0 Å². The van der Waals surface area contributed by atoms with Gasteiger partial charge in [0.1, 0.15) is 9.98 Å². The van der Waals surface area contributed by atoms with E-state index >= 15 is 0 Å². The second-order valence-electron chi connectivity index (χ2n) is 4.66. The van der Waals surface area contributed by atoms with Crippen LogP contribution in [0.5, 0.6) is 0 Å². The second kappa shape index (κ2) is 4.78. The normalized spacial score (nSPS) is 11.7. The summed E-state index contributed by atoms with van der Waals surface area (Å²) in [6.07, 6.45) is 0. The first-order valence-corrected chi connectivity index (χ1v) is 6.90. The summed E-state index contributed by atoms with van der Waals surface area (Å²) in [5, 5.41) is 4.66. The van der Waals surface area contributed by atoms with Crippen molar-refractivity contribution in [2.45, 2.75) is 39.7 Å². The number of nitrogens with zero attached hydrogens (tertiary/aromatic N) is 2. The zero-order valence-corrected chi connectivity index (χ0v) is 12.0. The fraction of sp³-hybridized carbons (Fsp3) is 0.500. The van der Waals surface area contributed by atoms with Gasteiger partial charge in [0.2, 0.25) is 5.95 Å². The van der Waals surface area contributed by atoms with Crippen LogP contribution in [-0.4, -0.2) is 16.0 Å². The third-order valence-corrected chi connectivity index (χ3v) is 3.97. The van der Waals surface area contributed by atoms with E-state index in [-0.39, 0.29) is 0 Å². The number of aromatic nitrogens is 2. The van der Waals surface area contributed by atoms with Crippen molar-refractivity contribution in [3.05, 3.63) is 16.1 Å². The molecule has 2 heterocycles. The Morgan fingerprint density at radius 1 is 1.24 bits per heavy atom. The third-order valence-electron chi connectivity index (χ3n) is 2.35. The largest absolute Gasteiger partial charge is 0.352 e. The smallest absolute Gasteiger partial charge is 0.225 e. The maximum Gasteiger partial charge on any atom is 0.225 e. The van der Waals surface area contributed by atoms with E-state index < -0.39 is 0 Å². The first-order chi connectivity index (χ1) is 7.97. The van der Waals surface area contributed by atoms with E-state index in [0.29, 0.717) is 23.1 Å². The lowest BCUT2D eigenvalue weighted by Gasteiger charge is -2.07. The molecule has 0 aliphatic rings. The fourth-order valence-electron chi connectivity index (χ4n) is 1.51. The van der Waals surface area contributed by atoms with Crippen molar-refractivity contribution in [1.82, 2.24) is 9.97 Å². The quantitative estimate of drug-likeness (QED) is 0.845. The number of anilines is 1. The van der Waals surface area contributed by atoms with Crippen LogP contribution >= 0.6 is 22.9 Å². The molecular formula is C12H16ClN3S. The molecule has 0 aliphatic carbocycles. The summed E-state index contributed by atoms with van der Waals surface area (Å²) >= 11 is 7.86. The van der Waals surface area contributed by atoms with Gasteiger partial charge in [-0.1, -0.05) is 25.4 Å². The van der Waals surface area contributed by atoms with Gasteiger partial charge in [-0.15, -0.1) is 11.3 Å². The highest BCUT2D eigenvalue weighted by atomic mass is 35.5. The summed E-state index contributed by atoms with van der Waals surface area (Å²) in [5.41, 5.74) is 0. The Morgan fingerprint density at radius 2 is 1.94 bits per heavy atom. The Balaban J connectivity index is 2.49. The van der Waals surface area contributed by atoms with Crippen LogP contribution in [0.15, 0.2) is 6.07 Å². The summed E-state index contributed by atoms with van der Waals surface area (Å²) in [5.74, 6) is 1.10. The topological polar surface area (TPSA) is 37.8 Å². The van der Waals surface area contributed by atoms with E-state index in [1.807, 2.05) is 0 Å². The molecule has 0 aliphatic heterocycles. The van der Waals surface area contributed by atoms with Crippen molar-refractivity contribution in [3.8, 4) is 0 Å².